The summed E-state index contributed by atoms with van der Waals surface area (Å²) in [5.41, 5.74) is 0.509. The molecule has 2 heterocycles. The highest BCUT2D eigenvalue weighted by Gasteiger charge is 2.33. The number of nitrogens with zero attached hydrogens (tertiary/aromatic N) is 3. The summed E-state index contributed by atoms with van der Waals surface area (Å²) in [5.74, 6) is -0.709. The van der Waals surface area contributed by atoms with Crippen LogP contribution in [0.4, 0.5) is 5.69 Å². The maximum absolute atomic E-state index is 11.8. The lowest BCUT2D eigenvalue weighted by Crippen LogP contribution is -2.25. The van der Waals surface area contributed by atoms with Gasteiger partial charge in [0.15, 0.2) is 5.15 Å². The van der Waals surface area contributed by atoms with Crippen molar-refractivity contribution in [2.75, 3.05) is 17.2 Å². The number of halogens is 2. The molecule has 1 aliphatic heterocycles. The Hall–Kier alpha value is -0.920. The highest BCUT2D eigenvalue weighted by molar-refractivity contribution is 8.13. The molecule has 0 N–H and O–H groups in total. The molecule has 0 aliphatic carbocycles. The van der Waals surface area contributed by atoms with Crippen LogP contribution in [0.3, 0.4) is 0 Å². The van der Waals surface area contributed by atoms with Crippen molar-refractivity contribution in [1.29, 1.82) is 0 Å². The highest BCUT2D eigenvalue weighted by atomic mass is 35.7. The first-order valence-electron chi connectivity index (χ1n) is 5.06. The van der Waals surface area contributed by atoms with Gasteiger partial charge in [0.1, 0.15) is 0 Å². The van der Waals surface area contributed by atoms with Crippen molar-refractivity contribution in [2.45, 2.75) is 6.42 Å². The lowest BCUT2D eigenvalue weighted by atomic mass is 10.1. The number of hydrogen-bond acceptors (Lipinski definition) is 5. The van der Waals surface area contributed by atoms with E-state index >= 15 is 0 Å². The van der Waals surface area contributed by atoms with Gasteiger partial charge in [-0.3, -0.25) is 4.79 Å². The minimum Gasteiger partial charge on any atom is -0.310 e. The van der Waals surface area contributed by atoms with Crippen molar-refractivity contribution >= 4 is 42.9 Å². The first-order valence-corrected chi connectivity index (χ1v) is 7.92. The van der Waals surface area contributed by atoms with E-state index in [1.54, 1.807) is 0 Å². The number of carbonyl (C=O) groups excluding carboxylic acids is 1. The smallest absolute Gasteiger partial charge is 0.232 e. The average molecular weight is 310 g/mol. The molecule has 2 rings (SSSR count). The van der Waals surface area contributed by atoms with Crippen LogP contribution in [0.2, 0.25) is 5.15 Å². The van der Waals surface area contributed by atoms with Crippen molar-refractivity contribution in [1.82, 2.24) is 10.2 Å². The van der Waals surface area contributed by atoms with Crippen molar-refractivity contribution in [3.8, 4) is 0 Å². The maximum atomic E-state index is 11.8. The van der Waals surface area contributed by atoms with E-state index < -0.39 is 9.05 Å². The molecule has 1 aliphatic rings. The van der Waals surface area contributed by atoms with Crippen LogP contribution in [0.15, 0.2) is 12.3 Å². The molecule has 1 atom stereocenters. The van der Waals surface area contributed by atoms with E-state index in [-0.39, 0.29) is 35.7 Å². The summed E-state index contributed by atoms with van der Waals surface area (Å²) in [6.45, 7) is 0.285. The summed E-state index contributed by atoms with van der Waals surface area (Å²) in [7, 11) is 1.57. The van der Waals surface area contributed by atoms with Crippen molar-refractivity contribution in [3.63, 3.8) is 0 Å². The molecule has 0 saturated carbocycles. The van der Waals surface area contributed by atoms with Gasteiger partial charge in [-0.1, -0.05) is 11.6 Å². The summed E-state index contributed by atoms with van der Waals surface area (Å²) in [6, 6.07) is 1.50. The van der Waals surface area contributed by atoms with Crippen LogP contribution in [0.1, 0.15) is 6.42 Å². The van der Waals surface area contributed by atoms with E-state index in [1.807, 2.05) is 0 Å². The van der Waals surface area contributed by atoms with Gasteiger partial charge in [0.25, 0.3) is 0 Å². The Morgan fingerprint density at radius 3 is 2.83 bits per heavy atom. The van der Waals surface area contributed by atoms with Gasteiger partial charge < -0.3 is 4.90 Å². The average Bonchev–Trinajstić information content (AvgIpc) is 2.56. The van der Waals surface area contributed by atoms with Gasteiger partial charge in [-0.25, -0.2) is 8.42 Å². The molecule has 0 bridgehead atoms. The van der Waals surface area contributed by atoms with Gasteiger partial charge in [-0.05, 0) is 0 Å². The van der Waals surface area contributed by atoms with Crippen LogP contribution in [0, 0.1) is 5.92 Å². The molecule has 1 unspecified atom stereocenters. The van der Waals surface area contributed by atoms with Gasteiger partial charge in [-0.2, -0.15) is 5.10 Å². The van der Waals surface area contributed by atoms with Crippen LogP contribution in [0.5, 0.6) is 0 Å². The third-order valence-corrected chi connectivity index (χ3v) is 3.99. The Morgan fingerprint density at radius 1 is 1.50 bits per heavy atom. The fourth-order valence-electron chi connectivity index (χ4n) is 1.90. The van der Waals surface area contributed by atoms with Gasteiger partial charge >= 0.3 is 0 Å². The Bertz CT molecular complexity index is 578. The standard InChI is InChI=1S/C9H9Cl2N3O3S/c10-8-2-7(3-12-13-8)14-4-6(1-9(14)15)5-18(11,16)17/h2-3,6H,1,4-5H2. The van der Waals surface area contributed by atoms with E-state index in [4.69, 9.17) is 22.3 Å². The normalized spacial score (nSPS) is 20.4. The molecular formula is C9H9Cl2N3O3S. The number of carbonyl (C=O) groups is 1. The molecule has 1 saturated heterocycles. The fraction of sp³-hybridized carbons (Fsp3) is 0.444. The zero-order valence-corrected chi connectivity index (χ0v) is 11.4. The predicted molar refractivity (Wildman–Crippen MR) is 67.1 cm³/mol. The Morgan fingerprint density at radius 2 is 2.22 bits per heavy atom. The number of rotatable bonds is 3. The molecule has 6 nitrogen and oxygen atoms in total. The quantitative estimate of drug-likeness (QED) is 0.780. The topological polar surface area (TPSA) is 80.2 Å². The number of anilines is 1. The highest BCUT2D eigenvalue weighted by Crippen LogP contribution is 2.26. The molecule has 0 aromatic carbocycles. The number of aromatic nitrogens is 2. The van der Waals surface area contributed by atoms with Gasteiger partial charge in [0.2, 0.25) is 15.0 Å². The van der Waals surface area contributed by atoms with E-state index in [2.05, 4.69) is 10.2 Å². The summed E-state index contributed by atoms with van der Waals surface area (Å²) in [4.78, 5) is 13.2. The number of amides is 1. The third kappa shape index (κ3) is 3.30. The van der Waals surface area contributed by atoms with Crippen molar-refractivity contribution in [3.05, 3.63) is 17.4 Å². The maximum Gasteiger partial charge on any atom is 0.232 e. The molecule has 1 aromatic rings. The van der Waals surface area contributed by atoms with Crippen LogP contribution < -0.4 is 4.90 Å². The molecule has 18 heavy (non-hydrogen) atoms. The summed E-state index contributed by atoms with van der Waals surface area (Å²) in [6.07, 6.45) is 1.55. The largest absolute Gasteiger partial charge is 0.310 e. The van der Waals surface area contributed by atoms with Gasteiger partial charge in [0, 0.05) is 35.6 Å². The SMILES string of the molecule is O=C1CC(CS(=O)(=O)Cl)CN1c1cnnc(Cl)c1. The molecule has 9 heteroatoms. The fourth-order valence-corrected chi connectivity index (χ4v) is 3.38. The Balaban J connectivity index is 2.15. The first kappa shape index (κ1) is 13.5. The Kier molecular flexibility index (Phi) is 3.74. The second-order valence-electron chi connectivity index (χ2n) is 4.02. The second kappa shape index (κ2) is 4.99. The first-order chi connectivity index (χ1) is 8.35. The summed E-state index contributed by atoms with van der Waals surface area (Å²) in [5, 5.41) is 7.39. The Labute approximate surface area is 113 Å². The van der Waals surface area contributed by atoms with Gasteiger partial charge in [0.05, 0.1) is 17.6 Å². The van der Waals surface area contributed by atoms with Gasteiger partial charge in [-0.15, -0.1) is 5.10 Å². The monoisotopic (exact) mass is 309 g/mol. The van der Waals surface area contributed by atoms with E-state index in [9.17, 15) is 13.2 Å². The van der Waals surface area contributed by atoms with Crippen LogP contribution in [0.25, 0.3) is 0 Å². The van der Waals surface area contributed by atoms with Crippen molar-refractivity contribution in [2.24, 2.45) is 5.92 Å². The predicted octanol–water partition coefficient (Wildman–Crippen LogP) is 1.05. The van der Waals surface area contributed by atoms with Crippen LogP contribution in [-0.4, -0.2) is 36.8 Å². The zero-order chi connectivity index (χ0) is 13.3. The minimum absolute atomic E-state index is 0.145. The molecule has 1 aromatic heterocycles. The lowest BCUT2D eigenvalue weighted by Gasteiger charge is -2.15. The van der Waals surface area contributed by atoms with Crippen LogP contribution in [-0.2, 0) is 13.8 Å². The zero-order valence-electron chi connectivity index (χ0n) is 9.08. The number of hydrogen-bond donors (Lipinski definition) is 0. The second-order valence-corrected chi connectivity index (χ2v) is 7.23. The van der Waals surface area contributed by atoms with E-state index in [1.165, 1.54) is 17.2 Å². The molecule has 1 fully saturated rings. The molecule has 1 amide bonds. The molecule has 98 valence electrons. The molecule has 0 radical (unpaired) electrons. The van der Waals surface area contributed by atoms with Crippen molar-refractivity contribution < 1.29 is 13.2 Å². The minimum atomic E-state index is -3.61. The molecular weight excluding hydrogens is 301 g/mol. The summed E-state index contributed by atoms with van der Waals surface area (Å²) >= 11 is 5.69. The lowest BCUT2D eigenvalue weighted by molar-refractivity contribution is -0.117. The van der Waals surface area contributed by atoms with E-state index in [0.29, 0.717) is 5.69 Å². The van der Waals surface area contributed by atoms with E-state index in [0.717, 1.165) is 0 Å². The van der Waals surface area contributed by atoms with Crippen LogP contribution >= 0.6 is 22.3 Å². The summed E-state index contributed by atoms with van der Waals surface area (Å²) < 4.78 is 22.0. The third-order valence-electron chi connectivity index (χ3n) is 2.56. The molecule has 0 spiro atoms.